The molecule has 1 amide bonds. The smallest absolute Gasteiger partial charge is 0.391 e. The van der Waals surface area contributed by atoms with Crippen molar-refractivity contribution in [2.45, 2.75) is 18.6 Å². The summed E-state index contributed by atoms with van der Waals surface area (Å²) in [5, 5.41) is 10.5. The van der Waals surface area contributed by atoms with Crippen molar-refractivity contribution in [2.24, 2.45) is 0 Å². The second kappa shape index (κ2) is 6.22. The summed E-state index contributed by atoms with van der Waals surface area (Å²) in [5.41, 5.74) is 0.111. The Morgan fingerprint density at radius 1 is 1.37 bits per heavy atom. The highest BCUT2D eigenvalue weighted by Gasteiger charge is 2.36. The fourth-order valence-electron chi connectivity index (χ4n) is 1.30. The number of carbonyl (C=O) groups is 2. The summed E-state index contributed by atoms with van der Waals surface area (Å²) in [5.74, 6) is -2.58. The lowest BCUT2D eigenvalue weighted by molar-refractivity contribution is -0.157. The number of halogens is 4. The zero-order chi connectivity index (χ0) is 14.6. The number of hydrogen-bond acceptors (Lipinski definition) is 2. The van der Waals surface area contributed by atoms with Gasteiger partial charge in [0.05, 0.1) is 6.42 Å². The minimum absolute atomic E-state index is 0.111. The number of aliphatic carboxylic acids is 1. The minimum atomic E-state index is -4.67. The zero-order valence-electron chi connectivity index (χ0n) is 9.37. The molecule has 19 heavy (non-hydrogen) atoms. The van der Waals surface area contributed by atoms with Crippen molar-refractivity contribution in [1.29, 1.82) is 0 Å². The van der Waals surface area contributed by atoms with E-state index in [1.807, 2.05) is 27.9 Å². The van der Waals surface area contributed by atoms with Crippen LogP contribution < -0.4 is 5.32 Å². The average Bonchev–Trinajstić information content (AvgIpc) is 2.26. The zero-order valence-corrected chi connectivity index (χ0v) is 11.5. The highest BCUT2D eigenvalue weighted by Crippen LogP contribution is 2.22. The van der Waals surface area contributed by atoms with Crippen LogP contribution in [0.2, 0.25) is 0 Å². The van der Waals surface area contributed by atoms with Gasteiger partial charge in [0.1, 0.15) is 6.04 Å². The van der Waals surface area contributed by atoms with E-state index in [4.69, 9.17) is 5.11 Å². The van der Waals surface area contributed by atoms with Crippen LogP contribution in [-0.4, -0.2) is 29.2 Å². The summed E-state index contributed by atoms with van der Waals surface area (Å²) in [6.07, 6.45) is -6.28. The van der Waals surface area contributed by atoms with E-state index in [1.54, 1.807) is 12.1 Å². The Bertz CT molecular complexity index is 490. The monoisotopic (exact) mass is 387 g/mol. The Hall–Kier alpha value is -1.32. The van der Waals surface area contributed by atoms with E-state index in [2.05, 4.69) is 0 Å². The van der Waals surface area contributed by atoms with Crippen LogP contribution in [0.15, 0.2) is 24.3 Å². The quantitative estimate of drug-likeness (QED) is 0.781. The van der Waals surface area contributed by atoms with Gasteiger partial charge in [0, 0.05) is 9.13 Å². The maximum absolute atomic E-state index is 12.2. The first-order chi connectivity index (χ1) is 8.69. The van der Waals surface area contributed by atoms with E-state index < -0.39 is 30.5 Å². The number of carboxylic acids is 1. The molecule has 0 aliphatic rings. The highest BCUT2D eigenvalue weighted by atomic mass is 127. The number of rotatable bonds is 4. The number of carboxylic acid groups (broad SMARTS) is 1. The van der Waals surface area contributed by atoms with Gasteiger partial charge in [0.15, 0.2) is 0 Å². The van der Waals surface area contributed by atoms with Crippen molar-refractivity contribution in [3.05, 3.63) is 33.4 Å². The van der Waals surface area contributed by atoms with Gasteiger partial charge in [-0.1, -0.05) is 6.07 Å². The third-order valence-corrected chi connectivity index (χ3v) is 2.80. The van der Waals surface area contributed by atoms with Crippen LogP contribution in [0.4, 0.5) is 13.2 Å². The number of benzene rings is 1. The number of nitrogens with one attached hydrogen (secondary N) is 1. The molecule has 1 atom stereocenters. The van der Waals surface area contributed by atoms with Crippen LogP contribution in [0.1, 0.15) is 16.8 Å². The normalized spacial score (nSPS) is 12.8. The van der Waals surface area contributed by atoms with Crippen molar-refractivity contribution in [3.63, 3.8) is 0 Å². The summed E-state index contributed by atoms with van der Waals surface area (Å²) in [6.45, 7) is 0. The van der Waals surface area contributed by atoms with Crippen LogP contribution in [0.5, 0.6) is 0 Å². The fraction of sp³-hybridized carbons (Fsp3) is 0.273. The SMILES string of the molecule is O=C(NC(CC(F)(F)F)C(=O)O)c1cccc(I)c1. The summed E-state index contributed by atoms with van der Waals surface area (Å²) in [7, 11) is 0. The number of amides is 1. The molecule has 0 aliphatic carbocycles. The molecule has 2 N–H and O–H groups in total. The first-order valence-corrected chi connectivity index (χ1v) is 6.13. The van der Waals surface area contributed by atoms with Gasteiger partial charge >= 0.3 is 12.1 Å². The first kappa shape index (κ1) is 15.7. The van der Waals surface area contributed by atoms with E-state index in [0.717, 1.165) is 0 Å². The van der Waals surface area contributed by atoms with E-state index in [9.17, 15) is 22.8 Å². The molecule has 0 saturated carbocycles. The Balaban J connectivity index is 2.80. The van der Waals surface area contributed by atoms with Gasteiger partial charge in [-0.3, -0.25) is 4.79 Å². The second-order valence-corrected chi connectivity index (χ2v) is 4.94. The molecule has 0 heterocycles. The topological polar surface area (TPSA) is 66.4 Å². The van der Waals surface area contributed by atoms with Gasteiger partial charge in [-0.15, -0.1) is 0 Å². The third-order valence-electron chi connectivity index (χ3n) is 2.13. The molecule has 1 aromatic carbocycles. The lowest BCUT2D eigenvalue weighted by Gasteiger charge is -2.16. The molecule has 1 rings (SSSR count). The third kappa shape index (κ3) is 5.45. The van der Waals surface area contributed by atoms with Crippen LogP contribution in [0.3, 0.4) is 0 Å². The average molecular weight is 387 g/mol. The van der Waals surface area contributed by atoms with Crippen molar-refractivity contribution < 1.29 is 27.9 Å². The molecule has 0 saturated heterocycles. The van der Waals surface area contributed by atoms with Crippen LogP contribution in [0.25, 0.3) is 0 Å². The number of carbonyl (C=O) groups excluding carboxylic acids is 1. The number of hydrogen-bond donors (Lipinski definition) is 2. The van der Waals surface area contributed by atoms with Crippen molar-refractivity contribution in [1.82, 2.24) is 5.32 Å². The maximum Gasteiger partial charge on any atom is 0.391 e. The molecule has 1 aromatic rings. The lowest BCUT2D eigenvalue weighted by atomic mass is 10.1. The van der Waals surface area contributed by atoms with E-state index >= 15 is 0 Å². The summed E-state index contributed by atoms with van der Waals surface area (Å²) in [4.78, 5) is 22.3. The van der Waals surface area contributed by atoms with Crippen LogP contribution in [-0.2, 0) is 4.79 Å². The second-order valence-electron chi connectivity index (χ2n) is 3.69. The standard InChI is InChI=1S/C11H9F3INO3/c12-11(13,14)5-8(10(18)19)16-9(17)6-2-1-3-7(15)4-6/h1-4,8H,5H2,(H,16,17)(H,18,19). The Morgan fingerprint density at radius 2 is 2.00 bits per heavy atom. The first-order valence-electron chi connectivity index (χ1n) is 5.05. The predicted octanol–water partition coefficient (Wildman–Crippen LogP) is 2.43. The molecule has 0 fully saturated rings. The number of alkyl halides is 3. The van der Waals surface area contributed by atoms with Gasteiger partial charge < -0.3 is 10.4 Å². The van der Waals surface area contributed by atoms with Gasteiger partial charge in [0.25, 0.3) is 5.91 Å². The molecule has 0 aliphatic heterocycles. The Labute approximate surface area is 120 Å². The highest BCUT2D eigenvalue weighted by molar-refractivity contribution is 14.1. The minimum Gasteiger partial charge on any atom is -0.480 e. The Morgan fingerprint density at radius 3 is 2.47 bits per heavy atom. The molecule has 0 aromatic heterocycles. The van der Waals surface area contributed by atoms with Crippen LogP contribution in [0, 0.1) is 3.57 Å². The summed E-state index contributed by atoms with van der Waals surface area (Å²) in [6, 6.07) is 4.09. The van der Waals surface area contributed by atoms with Gasteiger partial charge in [0.2, 0.25) is 0 Å². The van der Waals surface area contributed by atoms with Gasteiger partial charge in [-0.2, -0.15) is 13.2 Å². The molecule has 0 spiro atoms. The van der Waals surface area contributed by atoms with E-state index in [1.165, 1.54) is 12.1 Å². The predicted molar refractivity (Wildman–Crippen MR) is 68.7 cm³/mol. The molecule has 4 nitrogen and oxygen atoms in total. The molecule has 0 bridgehead atoms. The molecule has 0 radical (unpaired) electrons. The molecule has 8 heteroatoms. The maximum atomic E-state index is 12.2. The molecular formula is C11H9F3INO3. The largest absolute Gasteiger partial charge is 0.480 e. The molecule has 1 unspecified atom stereocenters. The Kier molecular flexibility index (Phi) is 5.15. The van der Waals surface area contributed by atoms with Gasteiger partial charge in [-0.25, -0.2) is 4.79 Å². The van der Waals surface area contributed by atoms with E-state index in [0.29, 0.717) is 3.57 Å². The van der Waals surface area contributed by atoms with Crippen molar-refractivity contribution in [3.8, 4) is 0 Å². The van der Waals surface area contributed by atoms with E-state index in [-0.39, 0.29) is 5.56 Å². The summed E-state index contributed by atoms with van der Waals surface area (Å²) >= 11 is 1.93. The lowest BCUT2D eigenvalue weighted by Crippen LogP contribution is -2.43. The molecule has 104 valence electrons. The van der Waals surface area contributed by atoms with Crippen LogP contribution >= 0.6 is 22.6 Å². The summed E-state index contributed by atoms with van der Waals surface area (Å²) < 4.78 is 37.2. The molecular weight excluding hydrogens is 378 g/mol. The fourth-order valence-corrected chi connectivity index (χ4v) is 1.85. The van der Waals surface area contributed by atoms with Crippen molar-refractivity contribution in [2.75, 3.05) is 0 Å². The van der Waals surface area contributed by atoms with Crippen molar-refractivity contribution >= 4 is 34.5 Å². The van der Waals surface area contributed by atoms with Gasteiger partial charge in [-0.05, 0) is 40.8 Å².